The van der Waals surface area contributed by atoms with Crippen molar-refractivity contribution in [2.45, 2.75) is 25.9 Å². The first-order valence-electron chi connectivity index (χ1n) is 6.17. The molecular formula is C14H18BrNO2. The molecule has 0 saturated heterocycles. The Morgan fingerprint density at radius 3 is 2.78 bits per heavy atom. The Hall–Kier alpha value is -0.870. The first-order valence-corrected chi connectivity index (χ1v) is 6.97. The van der Waals surface area contributed by atoms with Crippen LogP contribution in [0.4, 0.5) is 0 Å². The largest absolute Gasteiger partial charge is 0.393 e. The highest BCUT2D eigenvalue weighted by Crippen LogP contribution is 2.28. The quantitative estimate of drug-likeness (QED) is 0.932. The van der Waals surface area contributed by atoms with Gasteiger partial charge in [0.15, 0.2) is 0 Å². The lowest BCUT2D eigenvalue weighted by molar-refractivity contribution is 0.0265. The number of hydrogen-bond acceptors (Lipinski definition) is 2. The number of amides is 1. The third-order valence-electron chi connectivity index (χ3n) is 3.51. The molecule has 0 aliphatic heterocycles. The van der Waals surface area contributed by atoms with Crippen molar-refractivity contribution in [3.05, 3.63) is 33.8 Å². The van der Waals surface area contributed by atoms with Crippen molar-refractivity contribution in [1.82, 2.24) is 4.90 Å². The molecule has 98 valence electrons. The Bertz CT molecular complexity index is 455. The van der Waals surface area contributed by atoms with E-state index in [9.17, 15) is 9.90 Å². The van der Waals surface area contributed by atoms with Crippen LogP contribution in [0, 0.1) is 12.8 Å². The average molecular weight is 312 g/mol. The highest BCUT2D eigenvalue weighted by atomic mass is 79.9. The molecule has 0 unspecified atom stereocenters. The Morgan fingerprint density at radius 2 is 2.17 bits per heavy atom. The molecule has 1 amide bonds. The van der Waals surface area contributed by atoms with Gasteiger partial charge < -0.3 is 10.0 Å². The van der Waals surface area contributed by atoms with Gasteiger partial charge in [-0.3, -0.25) is 4.79 Å². The van der Waals surface area contributed by atoms with Gasteiger partial charge in [-0.1, -0.05) is 12.1 Å². The smallest absolute Gasteiger partial charge is 0.254 e. The molecule has 0 atom stereocenters. The third kappa shape index (κ3) is 2.75. The second-order valence-corrected chi connectivity index (χ2v) is 5.91. The van der Waals surface area contributed by atoms with Crippen molar-refractivity contribution in [1.29, 1.82) is 0 Å². The molecule has 4 heteroatoms. The van der Waals surface area contributed by atoms with E-state index in [-0.39, 0.29) is 12.0 Å². The number of aliphatic hydroxyl groups is 1. The second kappa shape index (κ2) is 5.41. The maximum atomic E-state index is 12.3. The number of rotatable bonds is 3. The summed E-state index contributed by atoms with van der Waals surface area (Å²) in [4.78, 5) is 14.1. The van der Waals surface area contributed by atoms with Crippen LogP contribution in [0.1, 0.15) is 28.8 Å². The number of benzene rings is 1. The maximum absolute atomic E-state index is 12.3. The molecule has 3 nitrogen and oxygen atoms in total. The highest BCUT2D eigenvalue weighted by molar-refractivity contribution is 9.10. The summed E-state index contributed by atoms with van der Waals surface area (Å²) in [6, 6.07) is 5.71. The van der Waals surface area contributed by atoms with Gasteiger partial charge in [-0.05, 0) is 53.2 Å². The van der Waals surface area contributed by atoms with E-state index >= 15 is 0 Å². The zero-order valence-electron chi connectivity index (χ0n) is 10.7. The minimum atomic E-state index is -0.163. The molecule has 0 aromatic heterocycles. The summed E-state index contributed by atoms with van der Waals surface area (Å²) in [6.45, 7) is 2.69. The van der Waals surface area contributed by atoms with Gasteiger partial charge in [-0.2, -0.15) is 0 Å². The van der Waals surface area contributed by atoms with Crippen LogP contribution < -0.4 is 0 Å². The molecule has 18 heavy (non-hydrogen) atoms. The van der Waals surface area contributed by atoms with E-state index in [1.807, 2.05) is 32.2 Å². The van der Waals surface area contributed by atoms with Crippen LogP contribution in [0.3, 0.4) is 0 Å². The SMILES string of the molecule is Cc1cccc(C(=O)N(C)CC2CC(O)C2)c1Br. The van der Waals surface area contributed by atoms with Gasteiger partial charge in [0.1, 0.15) is 0 Å². The number of carbonyl (C=O) groups excluding carboxylic acids is 1. The minimum absolute atomic E-state index is 0.0342. The van der Waals surface area contributed by atoms with Crippen LogP contribution in [0.25, 0.3) is 0 Å². The molecule has 1 saturated carbocycles. The van der Waals surface area contributed by atoms with E-state index in [1.54, 1.807) is 4.90 Å². The molecule has 1 aliphatic carbocycles. The fraction of sp³-hybridized carbons (Fsp3) is 0.500. The van der Waals surface area contributed by atoms with Gasteiger partial charge in [0.25, 0.3) is 5.91 Å². The Labute approximate surface area is 116 Å². The standard InChI is InChI=1S/C14H18BrNO2/c1-9-4-3-5-12(13(9)15)14(18)16(2)8-10-6-11(17)7-10/h3-5,10-11,17H,6-8H2,1-2H3. The first-order chi connectivity index (χ1) is 8.49. The van der Waals surface area contributed by atoms with Crippen LogP contribution in [-0.4, -0.2) is 35.6 Å². The third-order valence-corrected chi connectivity index (χ3v) is 4.56. The van der Waals surface area contributed by atoms with E-state index in [2.05, 4.69) is 15.9 Å². The molecule has 0 heterocycles. The van der Waals surface area contributed by atoms with E-state index in [0.717, 1.165) is 29.4 Å². The van der Waals surface area contributed by atoms with Gasteiger partial charge in [0, 0.05) is 18.1 Å². The zero-order chi connectivity index (χ0) is 13.3. The summed E-state index contributed by atoms with van der Waals surface area (Å²) < 4.78 is 0.871. The van der Waals surface area contributed by atoms with E-state index in [4.69, 9.17) is 0 Å². The number of aliphatic hydroxyl groups excluding tert-OH is 1. The Balaban J connectivity index is 2.04. The molecule has 2 rings (SSSR count). The Morgan fingerprint density at radius 1 is 1.50 bits per heavy atom. The molecule has 0 spiro atoms. The van der Waals surface area contributed by atoms with Crippen molar-refractivity contribution in [3.63, 3.8) is 0 Å². The van der Waals surface area contributed by atoms with Crippen molar-refractivity contribution in [3.8, 4) is 0 Å². The molecule has 1 aromatic carbocycles. The number of halogens is 1. The van der Waals surface area contributed by atoms with Gasteiger partial charge in [-0.25, -0.2) is 0 Å². The van der Waals surface area contributed by atoms with Gasteiger partial charge in [-0.15, -0.1) is 0 Å². The second-order valence-electron chi connectivity index (χ2n) is 5.11. The van der Waals surface area contributed by atoms with E-state index in [1.165, 1.54) is 0 Å². The number of carbonyl (C=O) groups is 1. The summed E-state index contributed by atoms with van der Waals surface area (Å²) in [5.74, 6) is 0.476. The van der Waals surface area contributed by atoms with Gasteiger partial charge in [0.05, 0.1) is 11.7 Å². The van der Waals surface area contributed by atoms with Crippen molar-refractivity contribution in [2.24, 2.45) is 5.92 Å². The van der Waals surface area contributed by atoms with E-state index < -0.39 is 0 Å². The van der Waals surface area contributed by atoms with Crippen LogP contribution in [0.15, 0.2) is 22.7 Å². The number of nitrogens with zero attached hydrogens (tertiary/aromatic N) is 1. The lowest BCUT2D eigenvalue weighted by Crippen LogP contribution is -2.39. The molecule has 1 N–H and O–H groups in total. The van der Waals surface area contributed by atoms with Gasteiger partial charge in [0.2, 0.25) is 0 Å². The predicted molar refractivity (Wildman–Crippen MR) is 74.6 cm³/mol. The normalized spacial score (nSPS) is 22.4. The average Bonchev–Trinajstić information content (AvgIpc) is 2.30. The van der Waals surface area contributed by atoms with Crippen molar-refractivity contribution in [2.75, 3.05) is 13.6 Å². The van der Waals surface area contributed by atoms with Crippen LogP contribution >= 0.6 is 15.9 Å². The van der Waals surface area contributed by atoms with Crippen molar-refractivity contribution < 1.29 is 9.90 Å². The molecule has 0 radical (unpaired) electrons. The predicted octanol–water partition coefficient (Wildman–Crippen LogP) is 2.60. The van der Waals surface area contributed by atoms with Crippen LogP contribution in [0.2, 0.25) is 0 Å². The molecule has 1 aromatic rings. The molecule has 1 aliphatic rings. The van der Waals surface area contributed by atoms with Gasteiger partial charge >= 0.3 is 0 Å². The summed E-state index contributed by atoms with van der Waals surface area (Å²) in [5, 5.41) is 9.26. The maximum Gasteiger partial charge on any atom is 0.254 e. The summed E-state index contributed by atoms with van der Waals surface area (Å²) in [7, 11) is 1.82. The summed E-state index contributed by atoms with van der Waals surface area (Å²) >= 11 is 3.47. The fourth-order valence-electron chi connectivity index (χ4n) is 2.34. The van der Waals surface area contributed by atoms with E-state index in [0.29, 0.717) is 11.5 Å². The van der Waals surface area contributed by atoms with Crippen molar-refractivity contribution >= 4 is 21.8 Å². The summed E-state index contributed by atoms with van der Waals surface area (Å²) in [5.41, 5.74) is 1.77. The first kappa shape index (κ1) is 13.6. The fourth-order valence-corrected chi connectivity index (χ4v) is 2.77. The topological polar surface area (TPSA) is 40.5 Å². The lowest BCUT2D eigenvalue weighted by Gasteiger charge is -2.34. The minimum Gasteiger partial charge on any atom is -0.393 e. The molecule has 0 bridgehead atoms. The monoisotopic (exact) mass is 311 g/mol. The summed E-state index contributed by atoms with van der Waals surface area (Å²) in [6.07, 6.45) is 1.46. The van der Waals surface area contributed by atoms with Crippen LogP contribution in [-0.2, 0) is 0 Å². The molecular weight excluding hydrogens is 294 g/mol. The van der Waals surface area contributed by atoms with Crippen LogP contribution in [0.5, 0.6) is 0 Å². The highest BCUT2D eigenvalue weighted by Gasteiger charge is 2.29. The Kier molecular flexibility index (Phi) is 4.07. The lowest BCUT2D eigenvalue weighted by atomic mass is 9.82. The molecule has 1 fully saturated rings. The zero-order valence-corrected chi connectivity index (χ0v) is 12.3. The number of aryl methyl sites for hydroxylation is 1. The number of hydrogen-bond donors (Lipinski definition) is 1.